The molecule has 0 spiro atoms. The minimum absolute atomic E-state index is 0.0445. The Labute approximate surface area is 165 Å². The number of hydrogen-bond acceptors (Lipinski definition) is 4. The maximum atomic E-state index is 12.7. The van der Waals surface area contributed by atoms with Crippen LogP contribution in [0.5, 0.6) is 0 Å². The Morgan fingerprint density at radius 3 is 2.64 bits per heavy atom. The summed E-state index contributed by atoms with van der Waals surface area (Å²) in [6.07, 6.45) is 3.81. The van der Waals surface area contributed by atoms with Gasteiger partial charge in [0.05, 0.1) is 18.6 Å². The third-order valence-electron chi connectivity index (χ3n) is 5.58. The summed E-state index contributed by atoms with van der Waals surface area (Å²) in [6, 6.07) is 12.0. The SMILES string of the molecule is Cc1ccccc1COC1CN(C(=O)[C@H]2CC(=O)N(Cc3ccncc3)C2)C1. The molecule has 2 fully saturated rings. The number of amides is 2. The van der Waals surface area contributed by atoms with Crippen LogP contribution in [-0.4, -0.2) is 52.3 Å². The van der Waals surface area contributed by atoms with Crippen molar-refractivity contribution in [2.24, 2.45) is 5.92 Å². The van der Waals surface area contributed by atoms with Crippen LogP contribution >= 0.6 is 0 Å². The third kappa shape index (κ3) is 4.07. The normalized spacial score (nSPS) is 19.8. The highest BCUT2D eigenvalue weighted by atomic mass is 16.5. The molecule has 3 heterocycles. The summed E-state index contributed by atoms with van der Waals surface area (Å²) < 4.78 is 5.93. The van der Waals surface area contributed by atoms with Crippen LogP contribution in [0, 0.1) is 12.8 Å². The number of likely N-dealkylation sites (tertiary alicyclic amines) is 2. The van der Waals surface area contributed by atoms with Crippen LogP contribution < -0.4 is 0 Å². The molecule has 6 heteroatoms. The maximum absolute atomic E-state index is 12.7. The molecule has 1 atom stereocenters. The van der Waals surface area contributed by atoms with E-state index in [4.69, 9.17) is 4.74 Å². The molecule has 28 heavy (non-hydrogen) atoms. The molecule has 1 aromatic heterocycles. The number of aryl methyl sites for hydroxylation is 1. The van der Waals surface area contributed by atoms with Gasteiger partial charge in [0, 0.05) is 45.0 Å². The van der Waals surface area contributed by atoms with Crippen molar-refractivity contribution < 1.29 is 14.3 Å². The lowest BCUT2D eigenvalue weighted by Gasteiger charge is -2.40. The minimum atomic E-state index is -0.244. The van der Waals surface area contributed by atoms with Crippen LogP contribution in [0.2, 0.25) is 0 Å². The van der Waals surface area contributed by atoms with E-state index < -0.39 is 0 Å². The lowest BCUT2D eigenvalue weighted by molar-refractivity contribution is -0.150. The van der Waals surface area contributed by atoms with Gasteiger partial charge >= 0.3 is 0 Å². The molecule has 0 N–H and O–H groups in total. The predicted octanol–water partition coefficient (Wildman–Crippen LogP) is 2.17. The Morgan fingerprint density at radius 2 is 1.89 bits per heavy atom. The molecule has 6 nitrogen and oxygen atoms in total. The average Bonchev–Trinajstić information content (AvgIpc) is 3.03. The van der Waals surface area contributed by atoms with E-state index in [1.54, 1.807) is 17.3 Å². The van der Waals surface area contributed by atoms with Crippen molar-refractivity contribution >= 4 is 11.8 Å². The number of carbonyl (C=O) groups excluding carboxylic acids is 2. The van der Waals surface area contributed by atoms with Gasteiger partial charge in [0.1, 0.15) is 0 Å². The van der Waals surface area contributed by atoms with Gasteiger partial charge in [0.15, 0.2) is 0 Å². The van der Waals surface area contributed by atoms with E-state index in [2.05, 4.69) is 24.0 Å². The highest BCUT2D eigenvalue weighted by Crippen LogP contribution is 2.25. The van der Waals surface area contributed by atoms with Gasteiger partial charge in [-0.2, -0.15) is 0 Å². The zero-order valence-electron chi connectivity index (χ0n) is 16.1. The topological polar surface area (TPSA) is 62.7 Å². The molecule has 2 aliphatic rings. The fraction of sp³-hybridized carbons (Fsp3) is 0.409. The second kappa shape index (κ2) is 8.10. The third-order valence-corrected chi connectivity index (χ3v) is 5.58. The number of hydrogen-bond donors (Lipinski definition) is 0. The largest absolute Gasteiger partial charge is 0.370 e. The van der Waals surface area contributed by atoms with Crippen LogP contribution in [0.3, 0.4) is 0 Å². The highest BCUT2D eigenvalue weighted by molar-refractivity contribution is 5.89. The molecule has 0 saturated carbocycles. The highest BCUT2D eigenvalue weighted by Gasteiger charge is 2.40. The fourth-order valence-electron chi connectivity index (χ4n) is 3.76. The molecule has 2 saturated heterocycles. The van der Waals surface area contributed by atoms with E-state index >= 15 is 0 Å². The fourth-order valence-corrected chi connectivity index (χ4v) is 3.76. The first kappa shape index (κ1) is 18.6. The summed E-state index contributed by atoms with van der Waals surface area (Å²) in [5.74, 6) is -0.129. The zero-order valence-corrected chi connectivity index (χ0v) is 16.1. The Bertz CT molecular complexity index is 849. The van der Waals surface area contributed by atoms with Crippen LogP contribution in [0.25, 0.3) is 0 Å². The van der Waals surface area contributed by atoms with Crippen molar-refractivity contribution in [2.45, 2.75) is 32.6 Å². The van der Waals surface area contributed by atoms with Crippen LogP contribution in [0.1, 0.15) is 23.1 Å². The molecule has 4 rings (SSSR count). The Morgan fingerprint density at radius 1 is 1.14 bits per heavy atom. The minimum Gasteiger partial charge on any atom is -0.370 e. The van der Waals surface area contributed by atoms with Crippen LogP contribution in [0.4, 0.5) is 0 Å². The Hall–Kier alpha value is -2.73. The molecule has 2 amide bonds. The van der Waals surface area contributed by atoms with Crippen LogP contribution in [-0.2, 0) is 27.5 Å². The summed E-state index contributed by atoms with van der Waals surface area (Å²) in [5, 5.41) is 0. The number of benzene rings is 1. The van der Waals surface area contributed by atoms with Gasteiger partial charge in [-0.05, 0) is 35.7 Å². The maximum Gasteiger partial charge on any atom is 0.228 e. The van der Waals surface area contributed by atoms with E-state index in [0.29, 0.717) is 39.2 Å². The van der Waals surface area contributed by atoms with E-state index in [1.165, 1.54) is 11.1 Å². The summed E-state index contributed by atoms with van der Waals surface area (Å²) in [7, 11) is 0. The summed E-state index contributed by atoms with van der Waals surface area (Å²) >= 11 is 0. The van der Waals surface area contributed by atoms with Gasteiger partial charge in [-0.1, -0.05) is 24.3 Å². The van der Waals surface area contributed by atoms with Crippen molar-refractivity contribution in [1.29, 1.82) is 0 Å². The quantitative estimate of drug-likeness (QED) is 0.772. The average molecular weight is 379 g/mol. The number of rotatable bonds is 6. The van der Waals surface area contributed by atoms with E-state index in [-0.39, 0.29) is 23.8 Å². The first-order valence-electron chi connectivity index (χ1n) is 9.71. The van der Waals surface area contributed by atoms with Crippen molar-refractivity contribution in [3.63, 3.8) is 0 Å². The second-order valence-corrected chi connectivity index (χ2v) is 7.63. The Kier molecular flexibility index (Phi) is 5.39. The van der Waals surface area contributed by atoms with Crippen molar-refractivity contribution in [1.82, 2.24) is 14.8 Å². The van der Waals surface area contributed by atoms with Gasteiger partial charge in [-0.25, -0.2) is 0 Å². The summed E-state index contributed by atoms with van der Waals surface area (Å²) in [4.78, 5) is 32.6. The number of nitrogens with zero attached hydrogens (tertiary/aromatic N) is 3. The number of pyridine rings is 1. The molecule has 2 aliphatic heterocycles. The second-order valence-electron chi connectivity index (χ2n) is 7.63. The molecule has 0 aliphatic carbocycles. The first-order chi connectivity index (χ1) is 13.6. The molecular weight excluding hydrogens is 354 g/mol. The van der Waals surface area contributed by atoms with E-state index in [1.807, 2.05) is 29.2 Å². The number of aromatic nitrogens is 1. The number of carbonyl (C=O) groups is 2. The van der Waals surface area contributed by atoms with Crippen molar-refractivity contribution in [3.05, 3.63) is 65.5 Å². The zero-order chi connectivity index (χ0) is 19.5. The molecule has 146 valence electrons. The summed E-state index contributed by atoms with van der Waals surface area (Å²) in [5.41, 5.74) is 3.43. The van der Waals surface area contributed by atoms with Crippen LogP contribution in [0.15, 0.2) is 48.8 Å². The van der Waals surface area contributed by atoms with Gasteiger partial charge in [-0.15, -0.1) is 0 Å². The first-order valence-corrected chi connectivity index (χ1v) is 9.71. The van der Waals surface area contributed by atoms with Crippen molar-refractivity contribution in [3.8, 4) is 0 Å². The standard InChI is InChI=1S/C22H25N3O3/c1-16-4-2-3-5-18(16)15-28-20-13-25(14-20)22(27)19-10-21(26)24(12-19)11-17-6-8-23-9-7-17/h2-9,19-20H,10-15H2,1H3/t19-/m0/s1. The Balaban J connectivity index is 1.24. The molecule has 0 radical (unpaired) electrons. The van der Waals surface area contributed by atoms with Gasteiger partial charge in [0.25, 0.3) is 0 Å². The molecule has 0 unspecified atom stereocenters. The lowest BCUT2D eigenvalue weighted by Crippen LogP contribution is -2.56. The summed E-state index contributed by atoms with van der Waals surface area (Å²) in [6.45, 7) is 4.89. The van der Waals surface area contributed by atoms with Gasteiger partial charge in [-0.3, -0.25) is 14.6 Å². The number of ether oxygens (including phenoxy) is 1. The monoisotopic (exact) mass is 379 g/mol. The molecule has 2 aromatic rings. The van der Waals surface area contributed by atoms with Gasteiger partial charge < -0.3 is 14.5 Å². The smallest absolute Gasteiger partial charge is 0.228 e. The molecule has 1 aromatic carbocycles. The lowest BCUT2D eigenvalue weighted by atomic mass is 10.0. The molecular formula is C22H25N3O3. The predicted molar refractivity (Wildman–Crippen MR) is 104 cm³/mol. The van der Waals surface area contributed by atoms with E-state index in [9.17, 15) is 9.59 Å². The van der Waals surface area contributed by atoms with E-state index in [0.717, 1.165) is 5.56 Å². The molecule has 0 bridgehead atoms. The van der Waals surface area contributed by atoms with Gasteiger partial charge in [0.2, 0.25) is 11.8 Å². The van der Waals surface area contributed by atoms with Crippen molar-refractivity contribution in [2.75, 3.05) is 19.6 Å².